The molecular weight excluding hydrogens is 198 g/mol. The van der Waals surface area contributed by atoms with E-state index < -0.39 is 0 Å². The van der Waals surface area contributed by atoms with Crippen molar-refractivity contribution in [2.24, 2.45) is 5.73 Å². The molecule has 0 saturated heterocycles. The van der Waals surface area contributed by atoms with Crippen LogP contribution in [0.25, 0.3) is 0 Å². The van der Waals surface area contributed by atoms with Gasteiger partial charge < -0.3 is 10.5 Å². The molecule has 0 aliphatic carbocycles. The summed E-state index contributed by atoms with van der Waals surface area (Å²) in [7, 11) is 0. The first-order chi connectivity index (χ1) is 7.63. The van der Waals surface area contributed by atoms with Crippen molar-refractivity contribution in [3.05, 3.63) is 41.5 Å². The van der Waals surface area contributed by atoms with Crippen molar-refractivity contribution < 1.29 is 4.74 Å². The zero-order chi connectivity index (χ0) is 12.0. The molecule has 1 rings (SSSR count). The summed E-state index contributed by atoms with van der Waals surface area (Å²) >= 11 is 0. The van der Waals surface area contributed by atoms with E-state index in [0.29, 0.717) is 0 Å². The van der Waals surface area contributed by atoms with Crippen LogP contribution in [0.15, 0.2) is 35.9 Å². The molecule has 0 saturated carbocycles. The summed E-state index contributed by atoms with van der Waals surface area (Å²) in [6.07, 6.45) is 3.07. The molecule has 16 heavy (non-hydrogen) atoms. The van der Waals surface area contributed by atoms with Gasteiger partial charge in [0.2, 0.25) is 0 Å². The van der Waals surface area contributed by atoms with Crippen molar-refractivity contribution in [2.75, 3.05) is 6.61 Å². The fraction of sp³-hybridized carbons (Fsp3) is 0.429. The Balaban J connectivity index is 2.77. The SMILES string of the molecule is CCCOc1cccc(C(N)C=C(C)C)c1. The van der Waals surface area contributed by atoms with Gasteiger partial charge in [-0.05, 0) is 38.0 Å². The van der Waals surface area contributed by atoms with Gasteiger partial charge in [-0.1, -0.05) is 30.7 Å². The smallest absolute Gasteiger partial charge is 0.119 e. The predicted molar refractivity (Wildman–Crippen MR) is 68.6 cm³/mol. The number of benzene rings is 1. The van der Waals surface area contributed by atoms with Gasteiger partial charge in [0.1, 0.15) is 5.75 Å². The molecule has 88 valence electrons. The minimum Gasteiger partial charge on any atom is -0.494 e. The fourth-order valence-corrected chi connectivity index (χ4v) is 1.49. The lowest BCUT2D eigenvalue weighted by atomic mass is 10.1. The Kier molecular flexibility index (Phi) is 5.06. The Hall–Kier alpha value is -1.28. The first kappa shape index (κ1) is 12.8. The molecule has 0 amide bonds. The molecule has 0 radical (unpaired) electrons. The summed E-state index contributed by atoms with van der Waals surface area (Å²) in [6, 6.07) is 7.95. The molecule has 1 aromatic carbocycles. The van der Waals surface area contributed by atoms with E-state index in [1.165, 1.54) is 5.57 Å². The zero-order valence-corrected chi connectivity index (χ0v) is 10.4. The second kappa shape index (κ2) is 6.33. The Bertz CT molecular complexity index is 354. The van der Waals surface area contributed by atoms with Gasteiger partial charge in [-0.25, -0.2) is 0 Å². The number of ether oxygens (including phenoxy) is 1. The standard InChI is InChI=1S/C14H21NO/c1-4-8-16-13-7-5-6-12(10-13)14(15)9-11(2)3/h5-7,9-10,14H,4,8,15H2,1-3H3. The molecule has 0 aromatic heterocycles. The van der Waals surface area contributed by atoms with Crippen LogP contribution in [-0.4, -0.2) is 6.61 Å². The maximum absolute atomic E-state index is 6.06. The van der Waals surface area contributed by atoms with Crippen molar-refractivity contribution in [3.8, 4) is 5.75 Å². The molecule has 1 atom stereocenters. The van der Waals surface area contributed by atoms with Gasteiger partial charge >= 0.3 is 0 Å². The van der Waals surface area contributed by atoms with E-state index in [1.807, 2.05) is 24.3 Å². The van der Waals surface area contributed by atoms with Crippen molar-refractivity contribution in [1.82, 2.24) is 0 Å². The van der Waals surface area contributed by atoms with E-state index in [2.05, 4.69) is 26.8 Å². The molecule has 0 aliphatic rings. The first-order valence-corrected chi connectivity index (χ1v) is 5.77. The Morgan fingerprint density at radius 2 is 2.19 bits per heavy atom. The highest BCUT2D eigenvalue weighted by molar-refractivity contribution is 5.32. The van der Waals surface area contributed by atoms with Crippen molar-refractivity contribution in [3.63, 3.8) is 0 Å². The average Bonchev–Trinajstić information content (AvgIpc) is 2.26. The normalized spacial score (nSPS) is 12.0. The number of hydrogen-bond acceptors (Lipinski definition) is 2. The molecule has 2 nitrogen and oxygen atoms in total. The van der Waals surface area contributed by atoms with Crippen LogP contribution >= 0.6 is 0 Å². The Morgan fingerprint density at radius 3 is 2.81 bits per heavy atom. The van der Waals surface area contributed by atoms with Gasteiger partial charge in [0.05, 0.1) is 6.61 Å². The Morgan fingerprint density at radius 1 is 1.44 bits per heavy atom. The lowest BCUT2D eigenvalue weighted by Gasteiger charge is -2.10. The maximum atomic E-state index is 6.06. The average molecular weight is 219 g/mol. The number of rotatable bonds is 5. The summed E-state index contributed by atoms with van der Waals surface area (Å²) < 4.78 is 5.57. The second-order valence-electron chi connectivity index (χ2n) is 4.19. The third-order valence-electron chi connectivity index (χ3n) is 2.23. The van der Waals surface area contributed by atoms with Crippen LogP contribution in [0.5, 0.6) is 5.75 Å². The zero-order valence-electron chi connectivity index (χ0n) is 10.4. The van der Waals surface area contributed by atoms with Crippen LogP contribution in [0, 0.1) is 0 Å². The summed E-state index contributed by atoms with van der Waals surface area (Å²) in [6.45, 7) is 6.95. The predicted octanol–water partition coefficient (Wildman–Crippen LogP) is 3.44. The van der Waals surface area contributed by atoms with Crippen molar-refractivity contribution >= 4 is 0 Å². The highest BCUT2D eigenvalue weighted by Gasteiger charge is 2.03. The third kappa shape index (κ3) is 4.07. The molecular formula is C14H21NO. The molecule has 1 unspecified atom stereocenters. The molecule has 1 aromatic rings. The van der Waals surface area contributed by atoms with Gasteiger partial charge in [-0.2, -0.15) is 0 Å². The van der Waals surface area contributed by atoms with Crippen LogP contribution in [0.2, 0.25) is 0 Å². The van der Waals surface area contributed by atoms with Crippen LogP contribution in [0.3, 0.4) is 0 Å². The van der Waals surface area contributed by atoms with Gasteiger partial charge in [-0.15, -0.1) is 0 Å². The van der Waals surface area contributed by atoms with Gasteiger partial charge in [0.25, 0.3) is 0 Å². The molecule has 0 heterocycles. The largest absolute Gasteiger partial charge is 0.494 e. The molecule has 0 spiro atoms. The summed E-state index contributed by atoms with van der Waals surface area (Å²) in [5, 5.41) is 0. The van der Waals surface area contributed by atoms with Crippen LogP contribution < -0.4 is 10.5 Å². The number of nitrogens with two attached hydrogens (primary N) is 1. The number of allylic oxidation sites excluding steroid dienone is 1. The van der Waals surface area contributed by atoms with E-state index >= 15 is 0 Å². The van der Waals surface area contributed by atoms with E-state index in [9.17, 15) is 0 Å². The van der Waals surface area contributed by atoms with Gasteiger partial charge in [-0.3, -0.25) is 0 Å². The maximum Gasteiger partial charge on any atom is 0.119 e. The quantitative estimate of drug-likeness (QED) is 0.770. The van der Waals surface area contributed by atoms with Gasteiger partial charge in [0.15, 0.2) is 0 Å². The van der Waals surface area contributed by atoms with E-state index in [4.69, 9.17) is 10.5 Å². The van der Waals surface area contributed by atoms with Gasteiger partial charge in [0, 0.05) is 6.04 Å². The van der Waals surface area contributed by atoms with E-state index in [-0.39, 0.29) is 6.04 Å². The molecule has 0 aliphatic heterocycles. The molecule has 0 fully saturated rings. The lowest BCUT2D eigenvalue weighted by molar-refractivity contribution is 0.317. The molecule has 2 heteroatoms. The lowest BCUT2D eigenvalue weighted by Crippen LogP contribution is -2.07. The molecule has 2 N–H and O–H groups in total. The molecule has 0 bridgehead atoms. The summed E-state index contributed by atoms with van der Waals surface area (Å²) in [4.78, 5) is 0. The first-order valence-electron chi connectivity index (χ1n) is 5.77. The van der Waals surface area contributed by atoms with Crippen LogP contribution in [0.1, 0.15) is 38.8 Å². The van der Waals surface area contributed by atoms with Crippen molar-refractivity contribution in [1.29, 1.82) is 0 Å². The van der Waals surface area contributed by atoms with E-state index in [0.717, 1.165) is 24.3 Å². The fourth-order valence-electron chi connectivity index (χ4n) is 1.49. The number of hydrogen-bond donors (Lipinski definition) is 1. The Labute approximate surface area is 98.1 Å². The monoisotopic (exact) mass is 219 g/mol. The highest BCUT2D eigenvalue weighted by atomic mass is 16.5. The van der Waals surface area contributed by atoms with Crippen molar-refractivity contribution in [2.45, 2.75) is 33.2 Å². The topological polar surface area (TPSA) is 35.2 Å². The second-order valence-corrected chi connectivity index (χ2v) is 4.19. The highest BCUT2D eigenvalue weighted by Crippen LogP contribution is 2.19. The summed E-state index contributed by atoms with van der Waals surface area (Å²) in [5.74, 6) is 0.900. The van der Waals surface area contributed by atoms with E-state index in [1.54, 1.807) is 0 Å². The minimum atomic E-state index is -0.0461. The minimum absolute atomic E-state index is 0.0461. The third-order valence-corrected chi connectivity index (χ3v) is 2.23. The van der Waals surface area contributed by atoms with Crippen LogP contribution in [-0.2, 0) is 0 Å². The summed E-state index contributed by atoms with van der Waals surface area (Å²) in [5.41, 5.74) is 8.38. The van der Waals surface area contributed by atoms with Crippen LogP contribution in [0.4, 0.5) is 0 Å².